The summed E-state index contributed by atoms with van der Waals surface area (Å²) in [7, 11) is 0. The van der Waals surface area contributed by atoms with Crippen LogP contribution in [-0.4, -0.2) is 6.61 Å². The minimum Gasteiger partial charge on any atom is -0.493 e. The van der Waals surface area contributed by atoms with Crippen molar-refractivity contribution in [2.24, 2.45) is 0 Å². The van der Waals surface area contributed by atoms with Crippen LogP contribution in [0.3, 0.4) is 0 Å². The van der Waals surface area contributed by atoms with Crippen LogP contribution in [0.2, 0.25) is 0 Å². The van der Waals surface area contributed by atoms with Gasteiger partial charge in [-0.1, -0.05) is 18.2 Å². The summed E-state index contributed by atoms with van der Waals surface area (Å²) in [5.41, 5.74) is 3.66. The summed E-state index contributed by atoms with van der Waals surface area (Å²) in [6.45, 7) is 1.61. The van der Waals surface area contributed by atoms with Crippen molar-refractivity contribution >= 4 is 37.5 Å². The van der Waals surface area contributed by atoms with Gasteiger partial charge in [0.1, 0.15) is 5.75 Å². The molecule has 0 aromatic heterocycles. The minimum atomic E-state index is 0.800. The quantitative estimate of drug-likeness (QED) is 0.826. The van der Waals surface area contributed by atoms with Gasteiger partial charge in [-0.15, -0.1) is 0 Å². The molecule has 0 bridgehead atoms. The Bertz CT molecular complexity index is 593. The van der Waals surface area contributed by atoms with Crippen molar-refractivity contribution in [3.05, 3.63) is 56.5 Å². The standard InChI is InChI=1S/C15H13Br2NO/c16-12-2-1-3-13(17)15(12)18-9-10-4-5-14-11(8-10)6-7-19-14/h1-5,8,18H,6-7,9H2. The maximum Gasteiger partial charge on any atom is 0.122 e. The second-order valence-corrected chi connectivity index (χ2v) is 6.20. The Morgan fingerprint density at radius 1 is 1.11 bits per heavy atom. The molecular weight excluding hydrogens is 370 g/mol. The van der Waals surface area contributed by atoms with Crippen LogP contribution in [0.15, 0.2) is 45.3 Å². The molecule has 0 fully saturated rings. The summed E-state index contributed by atoms with van der Waals surface area (Å²) in [6.07, 6.45) is 1.02. The molecule has 3 rings (SSSR count). The van der Waals surface area contributed by atoms with Gasteiger partial charge in [0, 0.05) is 21.9 Å². The molecule has 0 radical (unpaired) electrons. The molecule has 1 aliphatic rings. The zero-order valence-corrected chi connectivity index (χ0v) is 13.4. The van der Waals surface area contributed by atoms with Gasteiger partial charge >= 0.3 is 0 Å². The summed E-state index contributed by atoms with van der Waals surface area (Å²) in [5, 5.41) is 3.45. The summed E-state index contributed by atoms with van der Waals surface area (Å²) < 4.78 is 7.64. The van der Waals surface area contributed by atoms with Crippen LogP contribution in [0, 0.1) is 0 Å². The van der Waals surface area contributed by atoms with E-state index in [1.54, 1.807) is 0 Å². The number of nitrogens with one attached hydrogen (secondary N) is 1. The Kier molecular flexibility index (Phi) is 3.80. The van der Waals surface area contributed by atoms with E-state index in [9.17, 15) is 0 Å². The van der Waals surface area contributed by atoms with Crippen LogP contribution >= 0.6 is 31.9 Å². The van der Waals surface area contributed by atoms with Gasteiger partial charge in [0.2, 0.25) is 0 Å². The van der Waals surface area contributed by atoms with Crippen molar-refractivity contribution in [1.82, 2.24) is 0 Å². The number of benzene rings is 2. The molecule has 1 N–H and O–H groups in total. The Balaban J connectivity index is 1.76. The first kappa shape index (κ1) is 13.0. The third-order valence-corrected chi connectivity index (χ3v) is 4.51. The zero-order valence-electron chi connectivity index (χ0n) is 10.2. The Labute approximate surface area is 129 Å². The van der Waals surface area contributed by atoms with Gasteiger partial charge in [-0.2, -0.15) is 0 Å². The molecule has 98 valence electrons. The highest BCUT2D eigenvalue weighted by atomic mass is 79.9. The van der Waals surface area contributed by atoms with E-state index in [2.05, 4.69) is 55.4 Å². The Morgan fingerprint density at radius 3 is 2.68 bits per heavy atom. The van der Waals surface area contributed by atoms with Gasteiger partial charge in [0.15, 0.2) is 0 Å². The van der Waals surface area contributed by atoms with E-state index >= 15 is 0 Å². The van der Waals surface area contributed by atoms with Crippen LogP contribution in [0.4, 0.5) is 5.69 Å². The van der Waals surface area contributed by atoms with Crippen LogP contribution in [0.1, 0.15) is 11.1 Å². The topological polar surface area (TPSA) is 21.3 Å². The van der Waals surface area contributed by atoms with Gasteiger partial charge in [0.05, 0.1) is 12.3 Å². The zero-order chi connectivity index (χ0) is 13.2. The molecule has 4 heteroatoms. The maximum absolute atomic E-state index is 5.52. The minimum absolute atomic E-state index is 0.800. The van der Waals surface area contributed by atoms with E-state index in [0.717, 1.165) is 40.0 Å². The highest BCUT2D eigenvalue weighted by molar-refractivity contribution is 9.11. The largest absolute Gasteiger partial charge is 0.493 e. The van der Waals surface area contributed by atoms with Crippen LogP contribution in [-0.2, 0) is 13.0 Å². The van der Waals surface area contributed by atoms with Gasteiger partial charge in [0.25, 0.3) is 0 Å². The van der Waals surface area contributed by atoms with Crippen LogP contribution in [0.25, 0.3) is 0 Å². The molecule has 1 heterocycles. The first-order valence-corrected chi connectivity index (χ1v) is 7.75. The first-order valence-electron chi connectivity index (χ1n) is 6.16. The molecule has 0 atom stereocenters. The van der Waals surface area contributed by atoms with Crippen molar-refractivity contribution in [2.45, 2.75) is 13.0 Å². The molecule has 0 unspecified atom stereocenters. The van der Waals surface area contributed by atoms with E-state index < -0.39 is 0 Å². The third-order valence-electron chi connectivity index (χ3n) is 3.19. The predicted molar refractivity (Wildman–Crippen MR) is 84.8 cm³/mol. The predicted octanol–water partition coefficient (Wildman–Crippen LogP) is 4.76. The summed E-state index contributed by atoms with van der Waals surface area (Å²) in [6, 6.07) is 12.5. The number of halogens is 2. The van der Waals surface area contributed by atoms with Gasteiger partial charge in [-0.25, -0.2) is 0 Å². The molecule has 19 heavy (non-hydrogen) atoms. The molecule has 0 spiro atoms. The first-order chi connectivity index (χ1) is 9.24. The van der Waals surface area contributed by atoms with Crippen molar-refractivity contribution in [2.75, 3.05) is 11.9 Å². The second-order valence-electron chi connectivity index (χ2n) is 4.49. The molecule has 2 nitrogen and oxygen atoms in total. The molecule has 0 saturated carbocycles. The smallest absolute Gasteiger partial charge is 0.122 e. The number of fused-ring (bicyclic) bond motifs is 1. The van der Waals surface area contributed by atoms with E-state index in [1.807, 2.05) is 18.2 Å². The molecule has 0 aliphatic carbocycles. The van der Waals surface area contributed by atoms with Gasteiger partial charge < -0.3 is 10.1 Å². The number of para-hydroxylation sites is 1. The highest BCUT2D eigenvalue weighted by Crippen LogP contribution is 2.31. The lowest BCUT2D eigenvalue weighted by molar-refractivity contribution is 0.357. The number of ether oxygens (including phenoxy) is 1. The molecule has 0 saturated heterocycles. The lowest BCUT2D eigenvalue weighted by Gasteiger charge is -2.11. The molecular formula is C15H13Br2NO. The lowest BCUT2D eigenvalue weighted by atomic mass is 10.1. The van der Waals surface area contributed by atoms with Crippen molar-refractivity contribution < 1.29 is 4.74 Å². The number of hydrogen-bond donors (Lipinski definition) is 1. The van der Waals surface area contributed by atoms with E-state index in [1.165, 1.54) is 11.1 Å². The van der Waals surface area contributed by atoms with E-state index in [0.29, 0.717) is 0 Å². The molecule has 2 aromatic carbocycles. The fourth-order valence-corrected chi connectivity index (χ4v) is 3.49. The Morgan fingerprint density at radius 2 is 1.89 bits per heavy atom. The third kappa shape index (κ3) is 2.79. The lowest BCUT2D eigenvalue weighted by Crippen LogP contribution is -2.01. The number of rotatable bonds is 3. The Hall–Kier alpha value is -1.00. The number of hydrogen-bond acceptors (Lipinski definition) is 2. The summed E-state index contributed by atoms with van der Waals surface area (Å²) >= 11 is 7.12. The summed E-state index contributed by atoms with van der Waals surface area (Å²) in [4.78, 5) is 0. The second kappa shape index (κ2) is 5.55. The summed E-state index contributed by atoms with van der Waals surface area (Å²) in [5.74, 6) is 1.03. The average molecular weight is 383 g/mol. The fourth-order valence-electron chi connectivity index (χ4n) is 2.21. The van der Waals surface area contributed by atoms with E-state index in [4.69, 9.17) is 4.74 Å². The van der Waals surface area contributed by atoms with Crippen LogP contribution in [0.5, 0.6) is 5.75 Å². The maximum atomic E-state index is 5.52. The normalized spacial score (nSPS) is 12.9. The fraction of sp³-hybridized carbons (Fsp3) is 0.200. The van der Waals surface area contributed by atoms with Crippen molar-refractivity contribution in [1.29, 1.82) is 0 Å². The number of anilines is 1. The van der Waals surface area contributed by atoms with E-state index in [-0.39, 0.29) is 0 Å². The molecule has 0 amide bonds. The van der Waals surface area contributed by atoms with Crippen molar-refractivity contribution in [3.63, 3.8) is 0 Å². The molecule has 1 aliphatic heterocycles. The van der Waals surface area contributed by atoms with Gasteiger partial charge in [-0.05, 0) is 61.2 Å². The molecule has 2 aromatic rings. The average Bonchev–Trinajstić information content (AvgIpc) is 2.85. The van der Waals surface area contributed by atoms with Gasteiger partial charge in [-0.3, -0.25) is 0 Å². The highest BCUT2D eigenvalue weighted by Gasteiger charge is 2.12. The SMILES string of the molecule is Brc1cccc(Br)c1NCc1ccc2c(c1)CCO2. The van der Waals surface area contributed by atoms with Crippen LogP contribution < -0.4 is 10.1 Å². The van der Waals surface area contributed by atoms with Crippen molar-refractivity contribution in [3.8, 4) is 5.75 Å². The monoisotopic (exact) mass is 381 g/mol.